The molecule has 1 aliphatic rings. The lowest BCUT2D eigenvalue weighted by atomic mass is 9.78. The first-order valence-corrected chi connectivity index (χ1v) is 9.28. The molecule has 11 heteroatoms. The number of halogens is 3. The molecule has 0 saturated carbocycles. The first kappa shape index (κ1) is 24.0. The number of methoxy groups -OCH3 is 1. The molecule has 0 radical (unpaired) electrons. The van der Waals surface area contributed by atoms with Crippen LogP contribution in [0.1, 0.15) is 38.3 Å². The minimum atomic E-state index is -4.46. The zero-order valence-electron chi connectivity index (χ0n) is 17.8. The van der Waals surface area contributed by atoms with Crippen molar-refractivity contribution in [3.8, 4) is 0 Å². The van der Waals surface area contributed by atoms with E-state index < -0.39 is 23.1 Å². The monoisotopic (exact) mass is 440 g/mol. The maximum atomic E-state index is 12.9. The number of rotatable bonds is 8. The first-order valence-electron chi connectivity index (χ1n) is 9.28. The van der Waals surface area contributed by atoms with Gasteiger partial charge in [0.25, 0.3) is 0 Å². The minimum Gasteiger partial charge on any atom is -0.464 e. The molecule has 0 aromatic heterocycles. The van der Waals surface area contributed by atoms with E-state index >= 15 is 0 Å². The van der Waals surface area contributed by atoms with E-state index in [9.17, 15) is 18.0 Å². The second kappa shape index (κ2) is 9.71. The van der Waals surface area contributed by atoms with Crippen molar-refractivity contribution in [3.05, 3.63) is 35.4 Å². The predicted molar refractivity (Wildman–Crippen MR) is 109 cm³/mol. The number of carbonyl (C=O) groups is 1. The number of nitrogens with zero attached hydrogens (tertiary/aromatic N) is 4. The van der Waals surface area contributed by atoms with Crippen molar-refractivity contribution < 1.29 is 32.4 Å². The molecule has 0 N–H and O–H groups in total. The fourth-order valence-corrected chi connectivity index (χ4v) is 2.99. The number of esters is 1. The third kappa shape index (κ3) is 5.28. The van der Waals surface area contributed by atoms with Crippen LogP contribution in [0.3, 0.4) is 0 Å². The molecule has 0 aliphatic carbocycles. The molecule has 1 aliphatic heterocycles. The Morgan fingerprint density at radius 3 is 2.48 bits per heavy atom. The van der Waals surface area contributed by atoms with Crippen LogP contribution in [0, 0.1) is 5.41 Å². The van der Waals surface area contributed by atoms with Crippen LogP contribution >= 0.6 is 0 Å². The Labute approximate surface area is 177 Å². The van der Waals surface area contributed by atoms with E-state index in [4.69, 9.17) is 14.4 Å². The molecule has 168 valence electrons. The number of ether oxygens (including phenoxy) is 1. The van der Waals surface area contributed by atoms with Crippen LogP contribution in [0.4, 0.5) is 13.2 Å². The summed E-state index contributed by atoms with van der Waals surface area (Å²) in [6.07, 6.45) is -3.96. The number of benzene rings is 1. The van der Waals surface area contributed by atoms with Crippen molar-refractivity contribution in [3.63, 3.8) is 0 Å². The molecule has 1 heterocycles. The van der Waals surface area contributed by atoms with E-state index in [1.807, 2.05) is 6.92 Å². The van der Waals surface area contributed by atoms with Crippen LogP contribution in [0.5, 0.6) is 0 Å². The summed E-state index contributed by atoms with van der Waals surface area (Å²) >= 11 is 0. The second-order valence-electron chi connectivity index (χ2n) is 6.82. The molecular weight excluding hydrogens is 417 g/mol. The van der Waals surface area contributed by atoms with E-state index in [2.05, 4.69) is 20.5 Å². The Balaban J connectivity index is 2.26. The zero-order chi connectivity index (χ0) is 23.2. The van der Waals surface area contributed by atoms with Gasteiger partial charge in [-0.1, -0.05) is 29.4 Å². The topological polar surface area (TPSA) is 94.2 Å². The van der Waals surface area contributed by atoms with E-state index in [0.29, 0.717) is 12.1 Å². The Morgan fingerprint density at radius 2 is 1.90 bits per heavy atom. The smallest absolute Gasteiger partial charge is 0.416 e. The molecule has 0 bridgehead atoms. The summed E-state index contributed by atoms with van der Waals surface area (Å²) < 4.78 is 43.6. The second-order valence-corrected chi connectivity index (χ2v) is 6.82. The highest BCUT2D eigenvalue weighted by Crippen LogP contribution is 2.31. The molecule has 1 unspecified atom stereocenters. The van der Waals surface area contributed by atoms with Crippen LogP contribution in [0.2, 0.25) is 0 Å². The molecule has 0 spiro atoms. The first-order chi connectivity index (χ1) is 14.6. The van der Waals surface area contributed by atoms with Crippen molar-refractivity contribution in [1.82, 2.24) is 0 Å². The summed E-state index contributed by atoms with van der Waals surface area (Å²) in [4.78, 5) is 22.3. The fourth-order valence-electron chi connectivity index (χ4n) is 2.99. The Hall–Kier alpha value is -3.24. The Bertz CT molecular complexity index is 954. The van der Waals surface area contributed by atoms with Crippen LogP contribution in [0.25, 0.3) is 0 Å². The van der Waals surface area contributed by atoms with Gasteiger partial charge in [0.15, 0.2) is 0 Å². The number of carbonyl (C=O) groups excluding carboxylic acids is 1. The van der Waals surface area contributed by atoms with Gasteiger partial charge in [-0.15, -0.1) is 0 Å². The summed E-state index contributed by atoms with van der Waals surface area (Å²) in [6, 6.07) is 4.77. The van der Waals surface area contributed by atoms with Gasteiger partial charge in [-0.05, 0) is 38.0 Å². The van der Waals surface area contributed by atoms with Crippen LogP contribution in [-0.4, -0.2) is 49.6 Å². The predicted octanol–water partition coefficient (Wildman–Crippen LogP) is 3.85. The number of hydrogen-bond donors (Lipinski definition) is 0. The Morgan fingerprint density at radius 1 is 1.19 bits per heavy atom. The fraction of sp³-hybridized carbons (Fsp3) is 0.450. The van der Waals surface area contributed by atoms with Crippen molar-refractivity contribution in [2.24, 2.45) is 25.9 Å². The highest BCUT2D eigenvalue weighted by Gasteiger charge is 2.45. The van der Waals surface area contributed by atoms with E-state index in [-0.39, 0.29) is 29.3 Å². The van der Waals surface area contributed by atoms with Gasteiger partial charge in [-0.3, -0.25) is 0 Å². The molecule has 0 amide bonds. The largest absolute Gasteiger partial charge is 0.464 e. The quantitative estimate of drug-likeness (QED) is 0.349. The van der Waals surface area contributed by atoms with Crippen molar-refractivity contribution in [1.29, 1.82) is 0 Å². The Kier molecular flexibility index (Phi) is 7.53. The van der Waals surface area contributed by atoms with Crippen LogP contribution in [-0.2, 0) is 25.4 Å². The summed E-state index contributed by atoms with van der Waals surface area (Å²) in [5.41, 5.74) is -0.608. The van der Waals surface area contributed by atoms with Crippen LogP contribution < -0.4 is 0 Å². The average Bonchev–Trinajstić information content (AvgIpc) is 3.06. The van der Waals surface area contributed by atoms with Gasteiger partial charge in [0.2, 0.25) is 5.71 Å². The molecular formula is C20H23F3N4O4. The molecule has 1 aromatic carbocycles. The van der Waals surface area contributed by atoms with Crippen LogP contribution in [0.15, 0.2) is 44.8 Å². The number of hydrogen-bond acceptors (Lipinski definition) is 8. The highest BCUT2D eigenvalue weighted by atomic mass is 19.4. The lowest BCUT2D eigenvalue weighted by Gasteiger charge is -2.25. The lowest BCUT2D eigenvalue weighted by molar-refractivity contribution is -0.137. The molecule has 1 atom stereocenters. The van der Waals surface area contributed by atoms with E-state index in [0.717, 1.165) is 12.1 Å². The molecule has 0 saturated heterocycles. The average molecular weight is 440 g/mol. The maximum Gasteiger partial charge on any atom is 0.416 e. The van der Waals surface area contributed by atoms with Gasteiger partial charge in [0.05, 0.1) is 29.5 Å². The molecule has 0 fully saturated rings. The summed E-state index contributed by atoms with van der Waals surface area (Å²) in [7, 11) is 2.47. The van der Waals surface area contributed by atoms with Crippen molar-refractivity contribution in [2.45, 2.75) is 33.4 Å². The van der Waals surface area contributed by atoms with Gasteiger partial charge in [-0.2, -0.15) is 23.4 Å². The molecule has 8 nitrogen and oxygen atoms in total. The van der Waals surface area contributed by atoms with E-state index in [1.165, 1.54) is 33.3 Å². The normalized spacial score (nSPS) is 19.6. The SMILES string of the molecule is CCC1=NN=C(/C(=N/OC)C(=O)OC)C1(C)CO/N=C(/C)c1cccc(C(F)(F)F)c1. The maximum absolute atomic E-state index is 12.9. The van der Waals surface area contributed by atoms with Gasteiger partial charge in [-0.25, -0.2) is 4.79 Å². The standard InChI is InChI=1S/C20H23F3N4O4/c1-6-15-19(3,17(25-24-15)16(27-30-5)18(28)29-4)11-31-26-12(2)13-8-7-9-14(10-13)20(21,22)23/h7-10H,6,11H2,1-5H3/b26-12-,27-16-. The summed E-state index contributed by atoms with van der Waals surface area (Å²) in [5, 5.41) is 15.8. The summed E-state index contributed by atoms with van der Waals surface area (Å²) in [5.74, 6) is -0.761. The number of oxime groups is 2. The van der Waals surface area contributed by atoms with Gasteiger partial charge < -0.3 is 14.4 Å². The van der Waals surface area contributed by atoms with Gasteiger partial charge in [0, 0.05) is 0 Å². The van der Waals surface area contributed by atoms with E-state index in [1.54, 1.807) is 6.92 Å². The minimum absolute atomic E-state index is 0.0888. The lowest BCUT2D eigenvalue weighted by Crippen LogP contribution is -2.44. The van der Waals surface area contributed by atoms with Gasteiger partial charge in [0.1, 0.15) is 19.4 Å². The summed E-state index contributed by atoms with van der Waals surface area (Å²) in [6.45, 7) is 5.04. The molecule has 2 rings (SSSR count). The third-order valence-electron chi connectivity index (χ3n) is 4.71. The van der Waals surface area contributed by atoms with Crippen molar-refractivity contribution in [2.75, 3.05) is 20.8 Å². The molecule has 1 aromatic rings. The third-order valence-corrected chi connectivity index (χ3v) is 4.71. The zero-order valence-corrected chi connectivity index (χ0v) is 17.8. The highest BCUT2D eigenvalue weighted by molar-refractivity contribution is 6.68. The molecule has 31 heavy (non-hydrogen) atoms. The number of alkyl halides is 3. The van der Waals surface area contributed by atoms with Crippen molar-refractivity contribution >= 4 is 28.8 Å². The van der Waals surface area contributed by atoms with Gasteiger partial charge >= 0.3 is 12.1 Å².